The Balaban J connectivity index is 1.39. The molecule has 0 bridgehead atoms. The molecule has 1 saturated heterocycles. The van der Waals surface area contributed by atoms with Gasteiger partial charge in [0.2, 0.25) is 15.9 Å². The van der Waals surface area contributed by atoms with Gasteiger partial charge in [-0.2, -0.15) is 4.31 Å². The number of carbonyl (C=O) groups is 1. The lowest BCUT2D eigenvalue weighted by atomic mass is 10.1. The van der Waals surface area contributed by atoms with Gasteiger partial charge in [-0.15, -0.1) is 0 Å². The molecule has 1 fully saturated rings. The molecule has 0 spiro atoms. The summed E-state index contributed by atoms with van der Waals surface area (Å²) in [6.07, 6.45) is 1.82. The number of amides is 1. The van der Waals surface area contributed by atoms with Crippen molar-refractivity contribution >= 4 is 27.5 Å². The molecule has 29 heavy (non-hydrogen) atoms. The molecule has 0 atom stereocenters. The van der Waals surface area contributed by atoms with Gasteiger partial charge < -0.3 is 5.32 Å². The van der Waals surface area contributed by atoms with E-state index in [2.05, 4.69) is 17.4 Å². The van der Waals surface area contributed by atoms with Crippen LogP contribution in [0.5, 0.6) is 0 Å². The standard InChI is InChI=1S/C21H26ClN3O3S/c22-19-8-10-20(11-9-19)29(27,28)25-15-13-24(14-16-25)17-21(26)23-12-4-7-18-5-2-1-3-6-18/h1-3,5-6,8-11H,4,7,12-17H2,(H,23,26). The number of carbonyl (C=O) groups excluding carboxylic acids is 1. The number of aryl methyl sites for hydroxylation is 1. The summed E-state index contributed by atoms with van der Waals surface area (Å²) in [7, 11) is -3.53. The van der Waals surface area contributed by atoms with Crippen molar-refractivity contribution in [3.63, 3.8) is 0 Å². The summed E-state index contributed by atoms with van der Waals surface area (Å²) in [6, 6.07) is 16.4. The lowest BCUT2D eigenvalue weighted by Crippen LogP contribution is -2.51. The van der Waals surface area contributed by atoms with Crippen LogP contribution in [-0.2, 0) is 21.2 Å². The summed E-state index contributed by atoms with van der Waals surface area (Å²) in [5.41, 5.74) is 1.26. The normalized spacial score (nSPS) is 15.9. The maximum atomic E-state index is 12.7. The van der Waals surface area contributed by atoms with Crippen LogP contribution in [0.25, 0.3) is 0 Å². The number of hydrogen-bond donors (Lipinski definition) is 1. The van der Waals surface area contributed by atoms with E-state index in [1.165, 1.54) is 22.0 Å². The van der Waals surface area contributed by atoms with E-state index in [9.17, 15) is 13.2 Å². The SMILES string of the molecule is O=C(CN1CCN(S(=O)(=O)c2ccc(Cl)cc2)CC1)NCCCc1ccccc1. The molecule has 156 valence electrons. The lowest BCUT2D eigenvalue weighted by Gasteiger charge is -2.33. The maximum Gasteiger partial charge on any atom is 0.243 e. The van der Waals surface area contributed by atoms with Gasteiger partial charge in [-0.05, 0) is 42.7 Å². The van der Waals surface area contributed by atoms with Crippen molar-refractivity contribution in [1.29, 1.82) is 0 Å². The molecule has 6 nitrogen and oxygen atoms in total. The van der Waals surface area contributed by atoms with E-state index in [1.54, 1.807) is 12.1 Å². The van der Waals surface area contributed by atoms with Crippen LogP contribution in [0, 0.1) is 0 Å². The number of nitrogens with one attached hydrogen (secondary N) is 1. The van der Waals surface area contributed by atoms with Crippen molar-refractivity contribution in [2.75, 3.05) is 39.3 Å². The molecular formula is C21H26ClN3O3S. The van der Waals surface area contributed by atoms with Crippen LogP contribution >= 0.6 is 11.6 Å². The van der Waals surface area contributed by atoms with Crippen molar-refractivity contribution in [1.82, 2.24) is 14.5 Å². The lowest BCUT2D eigenvalue weighted by molar-refractivity contribution is -0.122. The number of nitrogens with zero attached hydrogens (tertiary/aromatic N) is 2. The fourth-order valence-electron chi connectivity index (χ4n) is 3.31. The van der Waals surface area contributed by atoms with E-state index in [1.807, 2.05) is 23.1 Å². The van der Waals surface area contributed by atoms with Gasteiger partial charge in [-0.25, -0.2) is 8.42 Å². The molecule has 2 aromatic rings. The van der Waals surface area contributed by atoms with E-state index < -0.39 is 10.0 Å². The first-order chi connectivity index (χ1) is 13.9. The monoisotopic (exact) mass is 435 g/mol. The Morgan fingerprint density at radius 2 is 1.62 bits per heavy atom. The van der Waals surface area contributed by atoms with Crippen LogP contribution in [-0.4, -0.2) is 62.8 Å². The van der Waals surface area contributed by atoms with Gasteiger partial charge in [-0.3, -0.25) is 9.69 Å². The van der Waals surface area contributed by atoms with E-state index >= 15 is 0 Å². The Kier molecular flexibility index (Phi) is 7.66. The zero-order valence-corrected chi connectivity index (χ0v) is 17.8. The quantitative estimate of drug-likeness (QED) is 0.646. The largest absolute Gasteiger partial charge is 0.355 e. The van der Waals surface area contributed by atoms with Gasteiger partial charge in [0.05, 0.1) is 11.4 Å². The first-order valence-electron chi connectivity index (χ1n) is 9.74. The predicted molar refractivity (Wildman–Crippen MR) is 114 cm³/mol. The average Bonchev–Trinajstić information content (AvgIpc) is 2.73. The first-order valence-corrected chi connectivity index (χ1v) is 11.6. The molecule has 0 saturated carbocycles. The summed E-state index contributed by atoms with van der Waals surface area (Å²) in [5, 5.41) is 3.45. The van der Waals surface area contributed by atoms with Crippen LogP contribution in [0.15, 0.2) is 59.5 Å². The van der Waals surface area contributed by atoms with Gasteiger partial charge >= 0.3 is 0 Å². The van der Waals surface area contributed by atoms with Gasteiger partial charge in [-0.1, -0.05) is 41.9 Å². The second-order valence-electron chi connectivity index (χ2n) is 7.07. The molecule has 1 aliphatic rings. The topological polar surface area (TPSA) is 69.7 Å². The number of benzene rings is 2. The Morgan fingerprint density at radius 1 is 0.966 bits per heavy atom. The smallest absolute Gasteiger partial charge is 0.243 e. The average molecular weight is 436 g/mol. The molecule has 0 radical (unpaired) electrons. The fraction of sp³-hybridized carbons (Fsp3) is 0.381. The van der Waals surface area contributed by atoms with Crippen molar-refractivity contribution in [2.45, 2.75) is 17.7 Å². The highest BCUT2D eigenvalue weighted by Gasteiger charge is 2.28. The minimum Gasteiger partial charge on any atom is -0.355 e. The Morgan fingerprint density at radius 3 is 2.28 bits per heavy atom. The fourth-order valence-corrected chi connectivity index (χ4v) is 4.86. The zero-order chi connectivity index (χ0) is 20.7. The van der Waals surface area contributed by atoms with Gasteiger partial charge in [0.25, 0.3) is 0 Å². The summed E-state index contributed by atoms with van der Waals surface area (Å²) in [4.78, 5) is 14.4. The number of piperazine rings is 1. The highest BCUT2D eigenvalue weighted by molar-refractivity contribution is 7.89. The third-order valence-corrected chi connectivity index (χ3v) is 7.12. The Labute approximate surface area is 177 Å². The number of sulfonamides is 1. The summed E-state index contributed by atoms with van der Waals surface area (Å²) in [5.74, 6) is -0.0212. The molecule has 0 aliphatic carbocycles. The molecule has 1 N–H and O–H groups in total. The molecule has 0 aromatic heterocycles. The minimum atomic E-state index is -3.53. The minimum absolute atomic E-state index is 0.0212. The highest BCUT2D eigenvalue weighted by Crippen LogP contribution is 2.19. The van der Waals surface area contributed by atoms with E-state index in [-0.39, 0.29) is 10.8 Å². The Bertz CT molecular complexity index is 897. The second-order valence-corrected chi connectivity index (χ2v) is 9.45. The predicted octanol–water partition coefficient (Wildman–Crippen LogP) is 2.40. The molecule has 1 heterocycles. The second kappa shape index (κ2) is 10.2. The Hall–Kier alpha value is -1.93. The molecular weight excluding hydrogens is 410 g/mol. The van der Waals surface area contributed by atoms with Crippen LogP contribution < -0.4 is 5.32 Å². The molecule has 3 rings (SSSR count). The van der Waals surface area contributed by atoms with Crippen molar-refractivity contribution in [3.05, 3.63) is 65.2 Å². The molecule has 2 aromatic carbocycles. The summed E-state index contributed by atoms with van der Waals surface area (Å²) >= 11 is 5.84. The van der Waals surface area contributed by atoms with E-state index in [0.717, 1.165) is 12.8 Å². The van der Waals surface area contributed by atoms with Gasteiger partial charge in [0, 0.05) is 37.7 Å². The highest BCUT2D eigenvalue weighted by atomic mass is 35.5. The number of rotatable bonds is 8. The van der Waals surface area contributed by atoms with Crippen LogP contribution in [0.3, 0.4) is 0 Å². The molecule has 1 aliphatic heterocycles. The van der Waals surface area contributed by atoms with E-state index in [0.29, 0.717) is 44.3 Å². The third-order valence-electron chi connectivity index (χ3n) is 4.96. The zero-order valence-electron chi connectivity index (χ0n) is 16.3. The van der Waals surface area contributed by atoms with Gasteiger partial charge in [0.15, 0.2) is 0 Å². The van der Waals surface area contributed by atoms with E-state index in [4.69, 9.17) is 11.6 Å². The van der Waals surface area contributed by atoms with Crippen LogP contribution in [0.4, 0.5) is 0 Å². The van der Waals surface area contributed by atoms with Crippen LogP contribution in [0.2, 0.25) is 5.02 Å². The summed E-state index contributed by atoms with van der Waals surface area (Å²) in [6.45, 7) is 2.73. The maximum absolute atomic E-state index is 12.7. The van der Waals surface area contributed by atoms with Crippen LogP contribution in [0.1, 0.15) is 12.0 Å². The summed E-state index contributed by atoms with van der Waals surface area (Å²) < 4.78 is 26.9. The third kappa shape index (κ3) is 6.27. The molecule has 1 amide bonds. The van der Waals surface area contributed by atoms with Crippen molar-refractivity contribution in [2.24, 2.45) is 0 Å². The molecule has 8 heteroatoms. The number of halogens is 1. The first kappa shape index (κ1) is 21.8. The van der Waals surface area contributed by atoms with Gasteiger partial charge in [0.1, 0.15) is 0 Å². The van der Waals surface area contributed by atoms with Crippen molar-refractivity contribution in [3.8, 4) is 0 Å². The molecule has 0 unspecified atom stereocenters. The van der Waals surface area contributed by atoms with Crippen molar-refractivity contribution < 1.29 is 13.2 Å². The number of hydrogen-bond acceptors (Lipinski definition) is 4.